The van der Waals surface area contributed by atoms with E-state index in [-0.39, 0.29) is 5.56 Å². The van der Waals surface area contributed by atoms with Crippen molar-refractivity contribution < 1.29 is 9.90 Å². The van der Waals surface area contributed by atoms with Gasteiger partial charge >= 0.3 is 5.97 Å². The molecule has 0 atom stereocenters. The summed E-state index contributed by atoms with van der Waals surface area (Å²) in [6, 6.07) is 9.36. The number of nitrogens with zero attached hydrogens (tertiary/aromatic N) is 1. The highest BCUT2D eigenvalue weighted by atomic mass is 16.4. The van der Waals surface area contributed by atoms with Crippen molar-refractivity contribution in [2.75, 3.05) is 5.73 Å². The average Bonchev–Trinajstić information content (AvgIpc) is 3.43. The third-order valence-electron chi connectivity index (χ3n) is 5.25. The highest BCUT2D eigenvalue weighted by Crippen LogP contribution is 2.43. The van der Waals surface area contributed by atoms with E-state index in [1.54, 1.807) is 12.3 Å². The van der Waals surface area contributed by atoms with Gasteiger partial charge in [-0.15, -0.1) is 0 Å². The Balaban J connectivity index is 2.05. The summed E-state index contributed by atoms with van der Waals surface area (Å²) in [6.07, 6.45) is 3.72. The third-order valence-corrected chi connectivity index (χ3v) is 5.25. The molecule has 3 aromatic rings. The molecule has 2 heterocycles. The molecule has 5 nitrogen and oxygen atoms in total. The average molecular weight is 348 g/mol. The molecular weight excluding hydrogens is 328 g/mol. The van der Waals surface area contributed by atoms with Crippen LogP contribution in [0.25, 0.3) is 16.6 Å². The lowest BCUT2D eigenvalue weighted by Crippen LogP contribution is -2.23. The lowest BCUT2D eigenvalue weighted by atomic mass is 9.95. The van der Waals surface area contributed by atoms with Crippen molar-refractivity contribution in [1.82, 2.24) is 4.40 Å². The van der Waals surface area contributed by atoms with E-state index in [2.05, 4.69) is 0 Å². The summed E-state index contributed by atoms with van der Waals surface area (Å²) < 4.78 is 1.48. The zero-order valence-electron chi connectivity index (χ0n) is 14.7. The Morgan fingerprint density at radius 1 is 1.19 bits per heavy atom. The quantitative estimate of drug-likeness (QED) is 0.706. The molecule has 0 radical (unpaired) electrons. The number of anilines is 1. The van der Waals surface area contributed by atoms with E-state index in [9.17, 15) is 14.7 Å². The molecule has 4 rings (SSSR count). The Bertz CT molecular complexity index is 1120. The number of rotatable bonds is 3. The van der Waals surface area contributed by atoms with E-state index < -0.39 is 11.5 Å². The second kappa shape index (κ2) is 5.73. The molecule has 0 unspecified atom stereocenters. The van der Waals surface area contributed by atoms with Crippen LogP contribution in [0.15, 0.2) is 41.3 Å². The normalized spacial score (nSPS) is 13.9. The van der Waals surface area contributed by atoms with Crippen LogP contribution in [0.1, 0.15) is 45.8 Å². The molecule has 2 aromatic heterocycles. The number of nitrogen functional groups attached to an aromatic ring is 1. The monoisotopic (exact) mass is 348 g/mol. The van der Waals surface area contributed by atoms with Crippen LogP contribution in [-0.2, 0) is 0 Å². The van der Waals surface area contributed by atoms with Gasteiger partial charge in [0.1, 0.15) is 5.56 Å². The van der Waals surface area contributed by atoms with Crippen molar-refractivity contribution in [3.63, 3.8) is 0 Å². The molecule has 1 aliphatic rings. The largest absolute Gasteiger partial charge is 0.477 e. The fourth-order valence-electron chi connectivity index (χ4n) is 3.58. The van der Waals surface area contributed by atoms with Gasteiger partial charge in [0, 0.05) is 11.9 Å². The van der Waals surface area contributed by atoms with Gasteiger partial charge in [0.25, 0.3) is 5.56 Å². The number of aromatic carboxylic acids is 1. The number of aromatic nitrogens is 1. The standard InChI is InChI=1S/C21H20N2O3/c1-11-3-4-14(9-18(11)22)15-7-8-23-19(12(15)2)16(13-5-6-13)10-17(20(23)24)21(25)26/h3-4,7-10,13H,5-6,22H2,1-2H3,(H,25,26). The molecule has 132 valence electrons. The van der Waals surface area contributed by atoms with E-state index in [4.69, 9.17) is 5.73 Å². The SMILES string of the molecule is Cc1ccc(-c2ccn3c(=O)c(C(=O)O)cc(C4CC4)c3c2C)cc1N. The lowest BCUT2D eigenvalue weighted by molar-refractivity contribution is 0.0694. The minimum absolute atomic E-state index is 0.170. The Morgan fingerprint density at radius 3 is 2.54 bits per heavy atom. The zero-order chi connectivity index (χ0) is 18.6. The molecule has 1 fully saturated rings. The maximum Gasteiger partial charge on any atom is 0.341 e. The summed E-state index contributed by atoms with van der Waals surface area (Å²) in [5.74, 6) is -0.861. The van der Waals surface area contributed by atoms with Crippen LogP contribution in [0.2, 0.25) is 0 Å². The number of aryl methyl sites for hydroxylation is 2. The number of pyridine rings is 2. The Kier molecular flexibility index (Phi) is 3.61. The summed E-state index contributed by atoms with van der Waals surface area (Å²) in [4.78, 5) is 24.1. The Hall–Kier alpha value is -3.08. The van der Waals surface area contributed by atoms with E-state index >= 15 is 0 Å². The van der Waals surface area contributed by atoms with Crippen LogP contribution in [0, 0.1) is 13.8 Å². The molecule has 26 heavy (non-hydrogen) atoms. The van der Waals surface area contributed by atoms with Crippen LogP contribution in [0.3, 0.4) is 0 Å². The van der Waals surface area contributed by atoms with Crippen molar-refractivity contribution >= 4 is 17.2 Å². The first-order chi connectivity index (χ1) is 12.4. The van der Waals surface area contributed by atoms with Gasteiger partial charge in [0.05, 0.1) is 5.52 Å². The van der Waals surface area contributed by atoms with E-state index in [0.29, 0.717) is 5.92 Å². The molecule has 1 aromatic carbocycles. The van der Waals surface area contributed by atoms with Gasteiger partial charge in [-0.05, 0) is 78.6 Å². The molecular formula is C21H20N2O3. The van der Waals surface area contributed by atoms with Crippen LogP contribution in [0.4, 0.5) is 5.69 Å². The molecule has 0 bridgehead atoms. The highest BCUT2D eigenvalue weighted by molar-refractivity contribution is 5.89. The number of benzene rings is 1. The van der Waals surface area contributed by atoms with Gasteiger partial charge in [0.2, 0.25) is 0 Å². The fourth-order valence-corrected chi connectivity index (χ4v) is 3.58. The van der Waals surface area contributed by atoms with Gasteiger partial charge < -0.3 is 10.8 Å². The van der Waals surface area contributed by atoms with Crippen molar-refractivity contribution in [2.24, 2.45) is 0 Å². The van der Waals surface area contributed by atoms with Gasteiger partial charge in [-0.25, -0.2) is 4.79 Å². The molecule has 1 saturated carbocycles. The maximum absolute atomic E-state index is 12.6. The van der Waals surface area contributed by atoms with Crippen LogP contribution in [0.5, 0.6) is 0 Å². The predicted molar refractivity (Wildman–Crippen MR) is 102 cm³/mol. The molecule has 0 saturated heterocycles. The molecule has 3 N–H and O–H groups in total. The van der Waals surface area contributed by atoms with Gasteiger partial charge in [0.15, 0.2) is 0 Å². The predicted octanol–water partition coefficient (Wildman–Crippen LogP) is 3.74. The zero-order valence-corrected chi connectivity index (χ0v) is 14.7. The molecule has 1 aliphatic carbocycles. The minimum Gasteiger partial charge on any atom is -0.477 e. The summed E-state index contributed by atoms with van der Waals surface area (Å²) in [6.45, 7) is 3.94. The van der Waals surface area contributed by atoms with E-state index in [0.717, 1.165) is 51.9 Å². The Labute approximate surface area is 150 Å². The Morgan fingerprint density at radius 2 is 1.92 bits per heavy atom. The van der Waals surface area contributed by atoms with Crippen LogP contribution < -0.4 is 11.3 Å². The number of nitrogens with two attached hydrogens (primary N) is 1. The van der Waals surface area contributed by atoms with Crippen LogP contribution >= 0.6 is 0 Å². The molecule has 0 spiro atoms. The van der Waals surface area contributed by atoms with Crippen molar-refractivity contribution in [1.29, 1.82) is 0 Å². The second-order valence-electron chi connectivity index (χ2n) is 7.04. The fraction of sp³-hybridized carbons (Fsp3) is 0.238. The topological polar surface area (TPSA) is 84.8 Å². The first-order valence-electron chi connectivity index (χ1n) is 8.67. The maximum atomic E-state index is 12.6. The number of fused-ring (bicyclic) bond motifs is 1. The minimum atomic E-state index is -1.18. The van der Waals surface area contributed by atoms with E-state index in [1.165, 1.54) is 4.40 Å². The lowest BCUT2D eigenvalue weighted by Gasteiger charge is -2.16. The number of hydrogen-bond acceptors (Lipinski definition) is 3. The van der Waals surface area contributed by atoms with Crippen molar-refractivity contribution in [3.8, 4) is 11.1 Å². The van der Waals surface area contributed by atoms with E-state index in [1.807, 2.05) is 38.1 Å². The van der Waals surface area contributed by atoms with Gasteiger partial charge in [-0.1, -0.05) is 12.1 Å². The first kappa shape index (κ1) is 16.4. The van der Waals surface area contributed by atoms with Crippen LogP contribution in [-0.4, -0.2) is 15.5 Å². The summed E-state index contributed by atoms with van der Waals surface area (Å²) in [7, 11) is 0. The summed E-state index contributed by atoms with van der Waals surface area (Å²) in [5, 5.41) is 9.38. The highest BCUT2D eigenvalue weighted by Gasteiger charge is 2.29. The molecule has 0 amide bonds. The van der Waals surface area contributed by atoms with Crippen molar-refractivity contribution in [3.05, 3.63) is 69.1 Å². The van der Waals surface area contributed by atoms with Crippen molar-refractivity contribution in [2.45, 2.75) is 32.6 Å². The summed E-state index contributed by atoms with van der Waals surface area (Å²) >= 11 is 0. The smallest absolute Gasteiger partial charge is 0.341 e. The second-order valence-corrected chi connectivity index (χ2v) is 7.04. The molecule has 5 heteroatoms. The number of carboxylic acids is 1. The number of carbonyl (C=O) groups is 1. The third kappa shape index (κ3) is 2.47. The van der Waals surface area contributed by atoms with Gasteiger partial charge in [-0.3, -0.25) is 9.20 Å². The number of hydrogen-bond donors (Lipinski definition) is 2. The number of carboxylic acid groups (broad SMARTS) is 1. The van der Waals surface area contributed by atoms with Gasteiger partial charge in [-0.2, -0.15) is 0 Å². The molecule has 0 aliphatic heterocycles. The first-order valence-corrected chi connectivity index (χ1v) is 8.67. The summed E-state index contributed by atoms with van der Waals surface area (Å²) in [5.41, 5.74) is 11.9.